The fourth-order valence-corrected chi connectivity index (χ4v) is 8.26. The summed E-state index contributed by atoms with van der Waals surface area (Å²) in [5.41, 5.74) is 2.28. The molecule has 48 heavy (non-hydrogen) atoms. The summed E-state index contributed by atoms with van der Waals surface area (Å²) in [6, 6.07) is 26.2. The summed E-state index contributed by atoms with van der Waals surface area (Å²) in [5, 5.41) is 4.39. The molecule has 2 amide bonds. The Kier molecular flexibility index (Phi) is 12.1. The highest BCUT2D eigenvalue weighted by Gasteiger charge is 2.36. The molecule has 0 unspecified atom stereocenters. The number of sulfonamides is 1. The van der Waals surface area contributed by atoms with Gasteiger partial charge in [-0.05, 0) is 78.9 Å². The lowest BCUT2D eigenvalue weighted by Gasteiger charge is -2.35. The minimum atomic E-state index is -4.23. The van der Waals surface area contributed by atoms with E-state index in [1.165, 1.54) is 17.0 Å². The van der Waals surface area contributed by atoms with E-state index in [0.29, 0.717) is 31.9 Å². The van der Waals surface area contributed by atoms with Crippen LogP contribution in [0.4, 0.5) is 5.69 Å². The number of amides is 2. The number of nitrogens with one attached hydrogen (secondary N) is 1. The first-order chi connectivity index (χ1) is 23.0. The summed E-state index contributed by atoms with van der Waals surface area (Å²) >= 11 is 19.1. The van der Waals surface area contributed by atoms with Crippen molar-refractivity contribution in [3.8, 4) is 0 Å². The van der Waals surface area contributed by atoms with Crippen molar-refractivity contribution in [2.24, 2.45) is 0 Å². The predicted octanol–water partition coefficient (Wildman–Crippen LogP) is 8.24. The van der Waals surface area contributed by atoms with Crippen LogP contribution in [0.3, 0.4) is 0 Å². The number of aryl methyl sites for hydroxylation is 1. The van der Waals surface area contributed by atoms with Gasteiger partial charge in [-0.1, -0.05) is 109 Å². The van der Waals surface area contributed by atoms with Crippen LogP contribution in [0.15, 0.2) is 102 Å². The SMILES string of the molecule is Cc1cc(Cl)ccc1N(CC(=O)N(Cc1ccc(Cl)cc1Cl)[C@H](Cc1ccccc1)C(=O)NC1CCCCC1)S(=O)(=O)c1ccccc1. The molecule has 4 aromatic rings. The Hall–Kier alpha value is -3.56. The highest BCUT2D eigenvalue weighted by Crippen LogP contribution is 2.30. The van der Waals surface area contributed by atoms with Crippen LogP contribution in [0.5, 0.6) is 0 Å². The van der Waals surface area contributed by atoms with Gasteiger partial charge in [-0.25, -0.2) is 8.42 Å². The molecule has 1 aliphatic carbocycles. The Labute approximate surface area is 297 Å². The van der Waals surface area contributed by atoms with E-state index in [9.17, 15) is 18.0 Å². The normalized spacial score (nSPS) is 14.2. The van der Waals surface area contributed by atoms with Crippen LogP contribution in [0.1, 0.15) is 48.8 Å². The largest absolute Gasteiger partial charge is 0.352 e. The fraction of sp³-hybridized carbons (Fsp3) is 0.297. The maximum atomic E-state index is 14.7. The first-order valence-electron chi connectivity index (χ1n) is 15.9. The van der Waals surface area contributed by atoms with Crippen molar-refractivity contribution >= 4 is 62.3 Å². The molecule has 4 aromatic carbocycles. The molecule has 1 saturated carbocycles. The average molecular weight is 727 g/mol. The molecule has 252 valence electrons. The van der Waals surface area contributed by atoms with E-state index in [-0.39, 0.29) is 29.8 Å². The van der Waals surface area contributed by atoms with Gasteiger partial charge in [0, 0.05) is 34.1 Å². The van der Waals surface area contributed by atoms with E-state index in [4.69, 9.17) is 34.8 Å². The number of carbonyl (C=O) groups excluding carboxylic acids is 2. The highest BCUT2D eigenvalue weighted by molar-refractivity contribution is 7.92. The van der Waals surface area contributed by atoms with E-state index in [1.54, 1.807) is 61.5 Å². The molecule has 1 N–H and O–H groups in total. The van der Waals surface area contributed by atoms with Crippen LogP contribution >= 0.6 is 34.8 Å². The lowest BCUT2D eigenvalue weighted by Crippen LogP contribution is -2.55. The molecule has 0 saturated heterocycles. The van der Waals surface area contributed by atoms with Crippen molar-refractivity contribution in [1.82, 2.24) is 10.2 Å². The monoisotopic (exact) mass is 725 g/mol. The zero-order valence-corrected chi connectivity index (χ0v) is 29.7. The number of benzene rings is 4. The van der Waals surface area contributed by atoms with Crippen molar-refractivity contribution in [1.29, 1.82) is 0 Å². The molecule has 1 aliphatic rings. The van der Waals surface area contributed by atoms with E-state index < -0.39 is 28.5 Å². The van der Waals surface area contributed by atoms with E-state index in [1.807, 2.05) is 30.3 Å². The molecule has 0 heterocycles. The predicted molar refractivity (Wildman–Crippen MR) is 193 cm³/mol. The van der Waals surface area contributed by atoms with Gasteiger partial charge in [-0.15, -0.1) is 0 Å². The third-order valence-electron chi connectivity index (χ3n) is 8.62. The summed E-state index contributed by atoms with van der Waals surface area (Å²) in [5.74, 6) is -0.876. The lowest BCUT2D eigenvalue weighted by atomic mass is 9.94. The molecule has 0 aromatic heterocycles. The number of carbonyl (C=O) groups is 2. The Morgan fingerprint density at radius 2 is 1.46 bits per heavy atom. The van der Waals surface area contributed by atoms with E-state index >= 15 is 0 Å². The first-order valence-corrected chi connectivity index (χ1v) is 18.5. The van der Waals surface area contributed by atoms with Gasteiger partial charge in [0.1, 0.15) is 12.6 Å². The first kappa shape index (κ1) is 35.7. The second kappa shape index (κ2) is 16.2. The van der Waals surface area contributed by atoms with Crippen LogP contribution in [0.25, 0.3) is 0 Å². The summed E-state index contributed by atoms with van der Waals surface area (Å²) < 4.78 is 29.6. The van der Waals surface area contributed by atoms with Gasteiger partial charge >= 0.3 is 0 Å². The molecule has 1 atom stereocenters. The second-order valence-electron chi connectivity index (χ2n) is 12.1. The standard InChI is InChI=1S/C37H38Cl3N3O4S/c1-26-21-29(38)19-20-34(26)43(48(46,47)32-15-9-4-10-16-32)25-36(44)42(24-28-17-18-30(39)23-33(28)40)35(22-27-11-5-2-6-12-27)37(45)41-31-13-7-3-8-14-31/h2,4-6,9-12,15-21,23,31,35H,3,7-8,13-14,22,24-25H2,1H3,(H,41,45)/t35-/m1/s1. The number of nitrogens with zero attached hydrogens (tertiary/aromatic N) is 2. The highest BCUT2D eigenvalue weighted by atomic mass is 35.5. The fourth-order valence-electron chi connectivity index (χ4n) is 6.06. The number of halogens is 3. The zero-order chi connectivity index (χ0) is 34.3. The topological polar surface area (TPSA) is 86.8 Å². The smallest absolute Gasteiger partial charge is 0.264 e. The minimum Gasteiger partial charge on any atom is -0.352 e. The van der Waals surface area contributed by atoms with Crippen molar-refractivity contribution in [3.05, 3.63) is 129 Å². The molecule has 1 fully saturated rings. The Morgan fingerprint density at radius 1 is 0.833 bits per heavy atom. The summed E-state index contributed by atoms with van der Waals surface area (Å²) in [6.07, 6.45) is 5.09. The van der Waals surface area contributed by atoms with Crippen molar-refractivity contribution < 1.29 is 18.0 Å². The molecular weight excluding hydrogens is 689 g/mol. The number of hydrogen-bond donors (Lipinski definition) is 1. The maximum absolute atomic E-state index is 14.7. The van der Waals surface area contributed by atoms with E-state index in [0.717, 1.165) is 42.0 Å². The Balaban J connectivity index is 1.59. The Morgan fingerprint density at radius 3 is 2.10 bits per heavy atom. The average Bonchev–Trinajstić information content (AvgIpc) is 3.07. The second-order valence-corrected chi connectivity index (χ2v) is 15.2. The molecule has 0 aliphatic heterocycles. The van der Waals surface area contributed by atoms with Gasteiger partial charge in [0.05, 0.1) is 10.6 Å². The number of hydrogen-bond acceptors (Lipinski definition) is 4. The molecule has 0 radical (unpaired) electrons. The maximum Gasteiger partial charge on any atom is 0.264 e. The van der Waals surface area contributed by atoms with Crippen LogP contribution in [0, 0.1) is 6.92 Å². The van der Waals surface area contributed by atoms with Crippen LogP contribution in [0.2, 0.25) is 15.1 Å². The third kappa shape index (κ3) is 8.91. The van der Waals surface area contributed by atoms with Gasteiger partial charge in [0.25, 0.3) is 10.0 Å². The van der Waals surface area contributed by atoms with Gasteiger partial charge in [-0.2, -0.15) is 0 Å². The van der Waals surface area contributed by atoms with Crippen molar-refractivity contribution in [2.45, 2.75) is 69.0 Å². The number of rotatable bonds is 12. The molecular formula is C37H38Cl3N3O4S. The third-order valence-corrected chi connectivity index (χ3v) is 11.2. The van der Waals surface area contributed by atoms with E-state index in [2.05, 4.69) is 5.32 Å². The van der Waals surface area contributed by atoms with Gasteiger partial charge in [0.15, 0.2) is 0 Å². The van der Waals surface area contributed by atoms with Crippen LogP contribution in [-0.4, -0.2) is 43.8 Å². The van der Waals surface area contributed by atoms with Crippen LogP contribution < -0.4 is 9.62 Å². The summed E-state index contributed by atoms with van der Waals surface area (Å²) in [4.78, 5) is 30.5. The van der Waals surface area contributed by atoms with Crippen LogP contribution in [-0.2, 0) is 32.6 Å². The summed E-state index contributed by atoms with van der Waals surface area (Å²) in [7, 11) is -4.23. The van der Waals surface area contributed by atoms with Gasteiger partial charge in [-0.3, -0.25) is 13.9 Å². The minimum absolute atomic E-state index is 0.00716. The quantitative estimate of drug-likeness (QED) is 0.159. The lowest BCUT2D eigenvalue weighted by molar-refractivity contribution is -0.140. The molecule has 0 spiro atoms. The molecule has 0 bridgehead atoms. The summed E-state index contributed by atoms with van der Waals surface area (Å²) in [6.45, 7) is 1.11. The van der Waals surface area contributed by atoms with Gasteiger partial charge < -0.3 is 10.2 Å². The zero-order valence-electron chi connectivity index (χ0n) is 26.6. The number of anilines is 1. The molecule has 5 rings (SSSR count). The molecule has 11 heteroatoms. The van der Waals surface area contributed by atoms with Gasteiger partial charge in [0.2, 0.25) is 11.8 Å². The van der Waals surface area contributed by atoms with Crippen molar-refractivity contribution in [2.75, 3.05) is 10.8 Å². The molecule has 7 nitrogen and oxygen atoms in total. The Bertz CT molecular complexity index is 1840. The van der Waals surface area contributed by atoms with Crippen molar-refractivity contribution in [3.63, 3.8) is 0 Å².